The fourth-order valence-electron chi connectivity index (χ4n) is 2.92. The highest BCUT2D eigenvalue weighted by Gasteiger charge is 2.20. The molecule has 0 bridgehead atoms. The normalized spacial score (nSPS) is 15.0. The first-order valence-corrected chi connectivity index (χ1v) is 9.01. The highest BCUT2D eigenvalue weighted by molar-refractivity contribution is 7.07. The third-order valence-electron chi connectivity index (χ3n) is 4.12. The summed E-state index contributed by atoms with van der Waals surface area (Å²) in [7, 11) is 0. The molecule has 4 rings (SSSR count). The summed E-state index contributed by atoms with van der Waals surface area (Å²) in [5.74, 6) is 0.614. The van der Waals surface area contributed by atoms with Crippen molar-refractivity contribution in [2.75, 3.05) is 6.54 Å². The first kappa shape index (κ1) is 15.3. The lowest BCUT2D eigenvalue weighted by Crippen LogP contribution is -2.23. The average molecular weight is 341 g/mol. The van der Waals surface area contributed by atoms with E-state index in [9.17, 15) is 0 Å². The summed E-state index contributed by atoms with van der Waals surface area (Å²) in [4.78, 5) is 6.64. The van der Waals surface area contributed by atoms with Gasteiger partial charge in [0.05, 0.1) is 5.69 Å². The third kappa shape index (κ3) is 3.47. The van der Waals surface area contributed by atoms with Gasteiger partial charge in [-0.15, -0.1) is 5.10 Å². The smallest absolute Gasteiger partial charge is 0.213 e. The van der Waals surface area contributed by atoms with Crippen molar-refractivity contribution in [1.29, 1.82) is 0 Å². The lowest BCUT2D eigenvalue weighted by molar-refractivity contribution is 0.254. The Morgan fingerprint density at radius 3 is 3.04 bits per heavy atom. The predicted octanol–water partition coefficient (Wildman–Crippen LogP) is 2.72. The standard InChI is InChI=1S/C17H19N5OS/c1-2-6-18-17(4-1)23-12-15-16-11-21(10-14-5-9-24-13-14)7-3-8-22(16)20-19-15/h1-2,4-6,9,13H,3,7-8,10-12H2. The monoisotopic (exact) mass is 341 g/mol. The summed E-state index contributed by atoms with van der Waals surface area (Å²) >= 11 is 1.75. The molecule has 7 heteroatoms. The Morgan fingerprint density at radius 2 is 2.21 bits per heavy atom. The summed E-state index contributed by atoms with van der Waals surface area (Å²) in [5, 5.41) is 13.0. The van der Waals surface area contributed by atoms with Crippen LogP contribution in [0, 0.1) is 0 Å². The average Bonchev–Trinajstić information content (AvgIpc) is 3.20. The van der Waals surface area contributed by atoms with E-state index in [4.69, 9.17) is 4.74 Å². The van der Waals surface area contributed by atoms with Gasteiger partial charge >= 0.3 is 0 Å². The molecular formula is C17H19N5OS. The summed E-state index contributed by atoms with van der Waals surface area (Å²) in [6, 6.07) is 7.83. The maximum absolute atomic E-state index is 5.75. The van der Waals surface area contributed by atoms with Crippen LogP contribution in [0.25, 0.3) is 0 Å². The predicted molar refractivity (Wildman–Crippen MR) is 91.6 cm³/mol. The van der Waals surface area contributed by atoms with Gasteiger partial charge in [-0.3, -0.25) is 4.90 Å². The van der Waals surface area contributed by atoms with E-state index in [1.54, 1.807) is 17.5 Å². The van der Waals surface area contributed by atoms with Crippen LogP contribution in [-0.4, -0.2) is 31.4 Å². The SMILES string of the molecule is c1ccc(OCc2nnn3c2CN(Cc2ccsc2)CCC3)nc1. The lowest BCUT2D eigenvalue weighted by atomic mass is 10.2. The van der Waals surface area contributed by atoms with Crippen molar-refractivity contribution in [3.05, 3.63) is 58.2 Å². The molecule has 3 aromatic heterocycles. The highest BCUT2D eigenvalue weighted by atomic mass is 32.1. The first-order valence-electron chi connectivity index (χ1n) is 8.07. The zero-order valence-corrected chi connectivity index (χ0v) is 14.2. The van der Waals surface area contributed by atoms with Gasteiger partial charge in [-0.2, -0.15) is 11.3 Å². The highest BCUT2D eigenvalue weighted by Crippen LogP contribution is 2.19. The molecule has 0 atom stereocenters. The molecule has 3 aromatic rings. The van der Waals surface area contributed by atoms with Crippen LogP contribution in [-0.2, 0) is 26.2 Å². The van der Waals surface area contributed by atoms with Crippen molar-refractivity contribution in [2.24, 2.45) is 0 Å². The number of fused-ring (bicyclic) bond motifs is 1. The molecule has 24 heavy (non-hydrogen) atoms. The number of aromatic nitrogens is 4. The van der Waals surface area contributed by atoms with E-state index in [2.05, 4.69) is 37.0 Å². The van der Waals surface area contributed by atoms with Gasteiger partial charge in [0.15, 0.2) is 0 Å². The molecule has 0 fully saturated rings. The molecule has 0 spiro atoms. The van der Waals surface area contributed by atoms with Crippen molar-refractivity contribution in [2.45, 2.75) is 32.7 Å². The van der Waals surface area contributed by atoms with Crippen molar-refractivity contribution in [1.82, 2.24) is 24.9 Å². The van der Waals surface area contributed by atoms with Gasteiger partial charge in [-0.1, -0.05) is 11.3 Å². The van der Waals surface area contributed by atoms with Crippen LogP contribution in [0.1, 0.15) is 23.4 Å². The number of thiophene rings is 1. The quantitative estimate of drug-likeness (QED) is 0.714. The van der Waals surface area contributed by atoms with Gasteiger partial charge in [0, 0.05) is 38.4 Å². The fourth-order valence-corrected chi connectivity index (χ4v) is 3.58. The van der Waals surface area contributed by atoms with Crippen LogP contribution in [0.15, 0.2) is 41.2 Å². The minimum Gasteiger partial charge on any atom is -0.471 e. The molecule has 0 N–H and O–H groups in total. The van der Waals surface area contributed by atoms with Gasteiger partial charge in [-0.25, -0.2) is 9.67 Å². The molecular weight excluding hydrogens is 322 g/mol. The Bertz CT molecular complexity index is 772. The topological polar surface area (TPSA) is 56.1 Å². The van der Waals surface area contributed by atoms with E-state index in [1.165, 1.54) is 5.56 Å². The van der Waals surface area contributed by atoms with Crippen LogP contribution in [0.2, 0.25) is 0 Å². The Labute approximate surface area is 144 Å². The fraction of sp³-hybridized carbons (Fsp3) is 0.353. The maximum Gasteiger partial charge on any atom is 0.213 e. The van der Waals surface area contributed by atoms with E-state index in [0.29, 0.717) is 12.5 Å². The van der Waals surface area contributed by atoms with Crippen molar-refractivity contribution in [3.8, 4) is 5.88 Å². The Morgan fingerprint density at radius 1 is 1.21 bits per heavy atom. The zero-order chi connectivity index (χ0) is 16.2. The van der Waals surface area contributed by atoms with E-state index in [-0.39, 0.29) is 0 Å². The van der Waals surface area contributed by atoms with Crippen molar-refractivity contribution in [3.63, 3.8) is 0 Å². The second-order valence-electron chi connectivity index (χ2n) is 5.86. The number of hydrogen-bond donors (Lipinski definition) is 0. The molecule has 124 valence electrons. The molecule has 0 aliphatic carbocycles. The van der Waals surface area contributed by atoms with Crippen LogP contribution in [0.3, 0.4) is 0 Å². The summed E-state index contributed by atoms with van der Waals surface area (Å²) in [6.07, 6.45) is 2.81. The van der Waals surface area contributed by atoms with Gasteiger partial charge in [0.25, 0.3) is 0 Å². The number of nitrogens with zero attached hydrogens (tertiary/aromatic N) is 5. The molecule has 0 amide bonds. The van der Waals surface area contributed by atoms with Gasteiger partial charge in [0.1, 0.15) is 12.3 Å². The second kappa shape index (κ2) is 7.11. The Balaban J connectivity index is 1.47. The molecule has 1 aliphatic rings. The molecule has 1 aliphatic heterocycles. The summed E-state index contributed by atoms with van der Waals surface area (Å²) in [5.41, 5.74) is 3.42. The largest absolute Gasteiger partial charge is 0.471 e. The summed E-state index contributed by atoms with van der Waals surface area (Å²) < 4.78 is 7.77. The molecule has 6 nitrogen and oxygen atoms in total. The van der Waals surface area contributed by atoms with Gasteiger partial charge in [-0.05, 0) is 34.9 Å². The van der Waals surface area contributed by atoms with Gasteiger partial charge < -0.3 is 4.74 Å². The third-order valence-corrected chi connectivity index (χ3v) is 4.85. The number of ether oxygens (including phenoxy) is 1. The minimum atomic E-state index is 0.401. The molecule has 0 unspecified atom stereocenters. The van der Waals surface area contributed by atoms with E-state index >= 15 is 0 Å². The van der Waals surface area contributed by atoms with Crippen LogP contribution < -0.4 is 4.74 Å². The van der Waals surface area contributed by atoms with Crippen molar-refractivity contribution >= 4 is 11.3 Å². The second-order valence-corrected chi connectivity index (χ2v) is 6.64. The van der Waals surface area contributed by atoms with E-state index in [0.717, 1.165) is 44.0 Å². The number of aryl methyl sites for hydroxylation is 1. The first-order chi connectivity index (χ1) is 11.9. The van der Waals surface area contributed by atoms with Crippen LogP contribution in [0.4, 0.5) is 0 Å². The van der Waals surface area contributed by atoms with Crippen molar-refractivity contribution < 1.29 is 4.74 Å². The van der Waals surface area contributed by atoms with Gasteiger partial charge in [0.2, 0.25) is 5.88 Å². The molecule has 0 saturated carbocycles. The van der Waals surface area contributed by atoms with E-state index in [1.807, 2.05) is 22.9 Å². The molecule has 0 saturated heterocycles. The lowest BCUT2D eigenvalue weighted by Gasteiger charge is -2.19. The molecule has 0 radical (unpaired) electrons. The minimum absolute atomic E-state index is 0.401. The molecule has 0 aromatic carbocycles. The van der Waals surface area contributed by atoms with Crippen LogP contribution >= 0.6 is 11.3 Å². The van der Waals surface area contributed by atoms with Crippen LogP contribution in [0.5, 0.6) is 5.88 Å². The number of rotatable bonds is 5. The zero-order valence-electron chi connectivity index (χ0n) is 13.3. The summed E-state index contributed by atoms with van der Waals surface area (Å²) in [6.45, 7) is 4.20. The Hall–Kier alpha value is -2.25. The Kier molecular flexibility index (Phi) is 4.53. The van der Waals surface area contributed by atoms with E-state index < -0.39 is 0 Å². The molecule has 4 heterocycles. The maximum atomic E-state index is 5.75. The number of hydrogen-bond acceptors (Lipinski definition) is 6. The number of pyridine rings is 1.